The minimum atomic E-state index is -4.75. The molecule has 0 spiro atoms. The van der Waals surface area contributed by atoms with Crippen molar-refractivity contribution in [3.63, 3.8) is 0 Å². The molecule has 0 heterocycles. The third kappa shape index (κ3) is 3.91. The van der Waals surface area contributed by atoms with Gasteiger partial charge in [0.2, 0.25) is 0 Å². The van der Waals surface area contributed by atoms with Crippen molar-refractivity contribution >= 4 is 12.4 Å². The van der Waals surface area contributed by atoms with Gasteiger partial charge in [-0.1, -0.05) is 12.2 Å². The topological polar surface area (TPSA) is 26.3 Å². The number of allylic oxidation sites excluding steroid dienone is 1. The van der Waals surface area contributed by atoms with Gasteiger partial charge in [-0.15, -0.1) is 13.2 Å². The molecule has 1 aromatic rings. The largest absolute Gasteiger partial charge is 0.573 e. The van der Waals surface area contributed by atoms with E-state index in [0.29, 0.717) is 17.8 Å². The predicted octanol–water partition coefficient (Wildman–Crippen LogP) is 3.82. The van der Waals surface area contributed by atoms with E-state index in [4.69, 9.17) is 0 Å². The molecule has 1 fully saturated rings. The second-order valence-electron chi connectivity index (χ2n) is 4.20. The van der Waals surface area contributed by atoms with Crippen molar-refractivity contribution in [3.05, 3.63) is 35.4 Å². The number of aldehydes is 1. The molecule has 2 nitrogen and oxygen atoms in total. The molecule has 18 heavy (non-hydrogen) atoms. The highest BCUT2D eigenvalue weighted by atomic mass is 19.4. The van der Waals surface area contributed by atoms with Crippen molar-refractivity contribution in [2.75, 3.05) is 0 Å². The van der Waals surface area contributed by atoms with Gasteiger partial charge >= 0.3 is 6.36 Å². The third-order valence-corrected chi connectivity index (χ3v) is 2.50. The molecule has 0 amide bonds. The molecule has 0 N–H and O–H groups in total. The Morgan fingerprint density at radius 3 is 2.39 bits per heavy atom. The molecule has 0 atom stereocenters. The van der Waals surface area contributed by atoms with Gasteiger partial charge in [0, 0.05) is 5.56 Å². The first-order valence-electron chi connectivity index (χ1n) is 5.50. The number of halogens is 3. The molecule has 0 aromatic heterocycles. The molecule has 1 saturated carbocycles. The van der Waals surface area contributed by atoms with Crippen LogP contribution in [0, 0.1) is 5.92 Å². The number of alkyl halides is 3. The van der Waals surface area contributed by atoms with E-state index in [1.54, 1.807) is 6.08 Å². The summed E-state index contributed by atoms with van der Waals surface area (Å²) in [6, 6.07) is 3.85. The van der Waals surface area contributed by atoms with Gasteiger partial charge in [0.1, 0.15) is 12.0 Å². The number of carbonyl (C=O) groups excluding carboxylic acids is 1. The summed E-state index contributed by atoms with van der Waals surface area (Å²) in [5.74, 6) is 0.138. The van der Waals surface area contributed by atoms with Gasteiger partial charge < -0.3 is 4.74 Å². The average molecular weight is 256 g/mol. The zero-order chi connectivity index (χ0) is 13.2. The van der Waals surface area contributed by atoms with Gasteiger partial charge in [0.25, 0.3) is 0 Å². The molecular formula is C13H11F3O2. The van der Waals surface area contributed by atoms with Crippen LogP contribution < -0.4 is 4.74 Å². The highest BCUT2D eigenvalue weighted by Gasteiger charge is 2.31. The monoisotopic (exact) mass is 256 g/mol. The van der Waals surface area contributed by atoms with Crippen molar-refractivity contribution in [2.45, 2.75) is 19.2 Å². The van der Waals surface area contributed by atoms with E-state index in [9.17, 15) is 18.0 Å². The van der Waals surface area contributed by atoms with E-state index in [0.717, 1.165) is 18.9 Å². The Morgan fingerprint density at radius 2 is 1.83 bits per heavy atom. The van der Waals surface area contributed by atoms with Crippen molar-refractivity contribution in [2.24, 2.45) is 5.92 Å². The third-order valence-electron chi connectivity index (χ3n) is 2.50. The van der Waals surface area contributed by atoms with Crippen LogP contribution in [0.2, 0.25) is 0 Å². The van der Waals surface area contributed by atoms with Crippen LogP contribution in [0.5, 0.6) is 5.75 Å². The first kappa shape index (κ1) is 12.7. The number of benzene rings is 1. The lowest BCUT2D eigenvalue weighted by atomic mass is 10.1. The normalized spacial score (nSPS) is 15.9. The van der Waals surface area contributed by atoms with Crippen LogP contribution in [-0.2, 0) is 0 Å². The summed E-state index contributed by atoms with van der Waals surface area (Å²) in [6.45, 7) is 0. The minimum Gasteiger partial charge on any atom is -0.406 e. The second kappa shape index (κ2) is 4.84. The van der Waals surface area contributed by atoms with E-state index >= 15 is 0 Å². The van der Waals surface area contributed by atoms with Gasteiger partial charge in [-0.2, -0.15) is 0 Å². The van der Waals surface area contributed by atoms with E-state index < -0.39 is 6.36 Å². The predicted molar refractivity (Wildman–Crippen MR) is 60.3 cm³/mol. The number of rotatable bonds is 4. The molecule has 1 aliphatic carbocycles. The van der Waals surface area contributed by atoms with E-state index in [1.807, 2.05) is 6.08 Å². The van der Waals surface area contributed by atoms with Crippen molar-refractivity contribution in [3.8, 4) is 5.75 Å². The molecule has 1 aliphatic rings. The zero-order valence-electron chi connectivity index (χ0n) is 9.41. The van der Waals surface area contributed by atoms with Crippen LogP contribution in [0.25, 0.3) is 6.08 Å². The maximum Gasteiger partial charge on any atom is 0.573 e. The van der Waals surface area contributed by atoms with Gasteiger partial charge in [-0.05, 0) is 42.5 Å². The van der Waals surface area contributed by atoms with Gasteiger partial charge in [0.15, 0.2) is 0 Å². The van der Waals surface area contributed by atoms with Crippen LogP contribution in [0.3, 0.4) is 0 Å². The van der Waals surface area contributed by atoms with Gasteiger partial charge in [0.05, 0.1) is 0 Å². The fourth-order valence-electron chi connectivity index (χ4n) is 1.54. The number of hydrogen-bond acceptors (Lipinski definition) is 2. The van der Waals surface area contributed by atoms with Crippen LogP contribution in [0.4, 0.5) is 13.2 Å². The smallest absolute Gasteiger partial charge is 0.406 e. The minimum absolute atomic E-state index is 0.159. The summed E-state index contributed by atoms with van der Waals surface area (Å²) >= 11 is 0. The van der Waals surface area contributed by atoms with Crippen LogP contribution >= 0.6 is 0 Å². The Balaban J connectivity index is 2.23. The summed E-state index contributed by atoms with van der Waals surface area (Å²) in [4.78, 5) is 10.7. The fraction of sp³-hybridized carbons (Fsp3) is 0.308. The SMILES string of the molecule is O=Cc1cc(/C=C/C2CC2)cc(OC(F)(F)F)c1. The highest BCUT2D eigenvalue weighted by Crippen LogP contribution is 2.31. The summed E-state index contributed by atoms with van der Waals surface area (Å²) in [6.07, 6.45) is 1.61. The molecule has 0 radical (unpaired) electrons. The average Bonchev–Trinajstić information content (AvgIpc) is 3.07. The second-order valence-corrected chi connectivity index (χ2v) is 4.20. The van der Waals surface area contributed by atoms with E-state index in [2.05, 4.69) is 4.74 Å². The highest BCUT2D eigenvalue weighted by molar-refractivity contribution is 5.77. The molecule has 0 saturated heterocycles. The van der Waals surface area contributed by atoms with Crippen LogP contribution in [0.15, 0.2) is 24.3 Å². The molecular weight excluding hydrogens is 245 g/mol. The van der Waals surface area contributed by atoms with Crippen molar-refractivity contribution < 1.29 is 22.7 Å². The molecule has 0 unspecified atom stereocenters. The van der Waals surface area contributed by atoms with E-state index in [-0.39, 0.29) is 11.3 Å². The molecule has 2 rings (SSSR count). The summed E-state index contributed by atoms with van der Waals surface area (Å²) in [5, 5.41) is 0. The van der Waals surface area contributed by atoms with Gasteiger partial charge in [-0.25, -0.2) is 0 Å². The lowest BCUT2D eigenvalue weighted by Crippen LogP contribution is -2.17. The summed E-state index contributed by atoms with van der Waals surface area (Å²) in [5.41, 5.74) is 0.693. The van der Waals surface area contributed by atoms with E-state index in [1.165, 1.54) is 12.1 Å². The molecule has 1 aromatic carbocycles. The first-order chi connectivity index (χ1) is 8.46. The summed E-state index contributed by atoms with van der Waals surface area (Å²) in [7, 11) is 0. The zero-order valence-corrected chi connectivity index (χ0v) is 9.41. The van der Waals surface area contributed by atoms with Crippen molar-refractivity contribution in [1.29, 1.82) is 0 Å². The lowest BCUT2D eigenvalue weighted by molar-refractivity contribution is -0.274. The first-order valence-corrected chi connectivity index (χ1v) is 5.50. The standard InChI is InChI=1S/C13H11F3O2/c14-13(15,16)18-12-6-10(4-3-9-1-2-9)5-11(7-12)8-17/h3-9H,1-2H2/b4-3+. The maximum absolute atomic E-state index is 12.1. The molecule has 0 bridgehead atoms. The van der Waals surface area contributed by atoms with Crippen LogP contribution in [-0.4, -0.2) is 12.6 Å². The van der Waals surface area contributed by atoms with Crippen molar-refractivity contribution in [1.82, 2.24) is 0 Å². The Morgan fingerprint density at radius 1 is 1.17 bits per heavy atom. The Bertz CT molecular complexity index is 474. The Kier molecular flexibility index (Phi) is 3.41. The molecule has 0 aliphatic heterocycles. The quantitative estimate of drug-likeness (QED) is 0.765. The number of hydrogen-bond donors (Lipinski definition) is 0. The Labute approximate surface area is 102 Å². The molecule has 5 heteroatoms. The number of carbonyl (C=O) groups is 1. The van der Waals surface area contributed by atoms with Gasteiger partial charge in [-0.3, -0.25) is 4.79 Å². The fourth-order valence-corrected chi connectivity index (χ4v) is 1.54. The molecule has 96 valence electrons. The summed E-state index contributed by atoms with van der Waals surface area (Å²) < 4.78 is 40.1. The number of ether oxygens (including phenoxy) is 1. The Hall–Kier alpha value is -1.78. The lowest BCUT2D eigenvalue weighted by Gasteiger charge is -2.09. The maximum atomic E-state index is 12.1. The van der Waals surface area contributed by atoms with Crippen LogP contribution in [0.1, 0.15) is 28.8 Å².